The van der Waals surface area contributed by atoms with Crippen molar-refractivity contribution in [3.05, 3.63) is 34.9 Å². The lowest BCUT2D eigenvalue weighted by Crippen LogP contribution is -2.35. The van der Waals surface area contributed by atoms with Crippen molar-refractivity contribution in [3.63, 3.8) is 0 Å². The summed E-state index contributed by atoms with van der Waals surface area (Å²) < 4.78 is 5.55. The third-order valence-corrected chi connectivity index (χ3v) is 3.43. The molecule has 1 aromatic carbocycles. The van der Waals surface area contributed by atoms with Crippen LogP contribution in [0.2, 0.25) is 5.02 Å². The number of carboxylic acid groups (broad SMARTS) is 1. The molecule has 19 heavy (non-hydrogen) atoms. The number of nitrogens with zero attached hydrogens (tertiary/aromatic N) is 1. The molecule has 1 aliphatic rings. The number of rotatable bonds is 4. The third-order valence-electron chi connectivity index (χ3n) is 3.19. The minimum absolute atomic E-state index is 0.0788. The second-order valence-electron chi connectivity index (χ2n) is 4.90. The predicted octanol–water partition coefficient (Wildman–Crippen LogP) is 1.92. The van der Waals surface area contributed by atoms with Crippen LogP contribution in [-0.2, 0) is 16.0 Å². The molecule has 4 nitrogen and oxygen atoms in total. The largest absolute Gasteiger partial charge is 0.480 e. The molecule has 1 fully saturated rings. The van der Waals surface area contributed by atoms with E-state index in [0.29, 0.717) is 25.7 Å². The first-order chi connectivity index (χ1) is 9.13. The SMILES string of the molecule is O=C(O)CN1CCOC[C@H](Cc2cccc(Cl)c2)C1. The van der Waals surface area contributed by atoms with E-state index in [9.17, 15) is 4.79 Å². The van der Waals surface area contributed by atoms with Crippen molar-refractivity contribution in [2.75, 3.05) is 32.8 Å². The molecule has 0 radical (unpaired) electrons. The van der Waals surface area contributed by atoms with Crippen molar-refractivity contribution in [2.45, 2.75) is 6.42 Å². The summed E-state index contributed by atoms with van der Waals surface area (Å²) in [6.07, 6.45) is 0.858. The first kappa shape index (κ1) is 14.3. The number of carbonyl (C=O) groups is 1. The molecule has 0 saturated carbocycles. The molecule has 104 valence electrons. The van der Waals surface area contributed by atoms with Gasteiger partial charge in [0.2, 0.25) is 0 Å². The Labute approximate surface area is 117 Å². The van der Waals surface area contributed by atoms with E-state index in [4.69, 9.17) is 21.4 Å². The third kappa shape index (κ3) is 4.82. The molecule has 0 bridgehead atoms. The Balaban J connectivity index is 1.96. The number of ether oxygens (including phenoxy) is 1. The van der Waals surface area contributed by atoms with Gasteiger partial charge in [0.15, 0.2) is 0 Å². The van der Waals surface area contributed by atoms with Gasteiger partial charge in [-0.25, -0.2) is 0 Å². The van der Waals surface area contributed by atoms with Crippen LogP contribution in [0.4, 0.5) is 0 Å². The van der Waals surface area contributed by atoms with Crippen LogP contribution in [0.15, 0.2) is 24.3 Å². The lowest BCUT2D eigenvalue weighted by molar-refractivity contribution is -0.138. The maximum Gasteiger partial charge on any atom is 0.317 e. The number of aliphatic carboxylic acids is 1. The average molecular weight is 284 g/mol. The molecule has 1 heterocycles. The van der Waals surface area contributed by atoms with E-state index in [1.807, 2.05) is 29.2 Å². The van der Waals surface area contributed by atoms with Crippen molar-refractivity contribution in [2.24, 2.45) is 5.92 Å². The number of benzene rings is 1. The topological polar surface area (TPSA) is 49.8 Å². The van der Waals surface area contributed by atoms with E-state index >= 15 is 0 Å². The minimum atomic E-state index is -0.789. The van der Waals surface area contributed by atoms with Crippen LogP contribution in [-0.4, -0.2) is 48.8 Å². The molecular formula is C14H18ClNO3. The van der Waals surface area contributed by atoms with Crippen LogP contribution in [0.25, 0.3) is 0 Å². The van der Waals surface area contributed by atoms with Gasteiger partial charge in [-0.2, -0.15) is 0 Å². The Morgan fingerprint density at radius 3 is 3.11 bits per heavy atom. The van der Waals surface area contributed by atoms with E-state index in [0.717, 1.165) is 18.0 Å². The molecule has 2 rings (SSSR count). The summed E-state index contributed by atoms with van der Waals surface area (Å²) in [5.41, 5.74) is 1.17. The highest BCUT2D eigenvalue weighted by Crippen LogP contribution is 2.17. The Hall–Kier alpha value is -1.10. The van der Waals surface area contributed by atoms with Crippen molar-refractivity contribution < 1.29 is 14.6 Å². The molecule has 5 heteroatoms. The Bertz CT molecular complexity index is 438. The van der Waals surface area contributed by atoms with Gasteiger partial charge in [-0.1, -0.05) is 23.7 Å². The monoisotopic (exact) mass is 283 g/mol. The van der Waals surface area contributed by atoms with Gasteiger partial charge < -0.3 is 9.84 Å². The summed E-state index contributed by atoms with van der Waals surface area (Å²) in [5, 5.41) is 9.60. The number of hydrogen-bond acceptors (Lipinski definition) is 3. The molecule has 0 amide bonds. The van der Waals surface area contributed by atoms with Gasteiger partial charge in [0.1, 0.15) is 0 Å². The van der Waals surface area contributed by atoms with Gasteiger partial charge in [-0.3, -0.25) is 9.69 Å². The zero-order valence-electron chi connectivity index (χ0n) is 10.7. The van der Waals surface area contributed by atoms with Gasteiger partial charge in [-0.05, 0) is 30.0 Å². The van der Waals surface area contributed by atoms with Crippen LogP contribution >= 0.6 is 11.6 Å². The Kier molecular flexibility index (Phi) is 5.19. The fourth-order valence-electron chi connectivity index (χ4n) is 2.41. The van der Waals surface area contributed by atoms with Crippen molar-refractivity contribution >= 4 is 17.6 Å². The summed E-state index contributed by atoms with van der Waals surface area (Å²) in [5.74, 6) is -0.483. The number of halogens is 1. The summed E-state index contributed by atoms with van der Waals surface area (Å²) >= 11 is 5.97. The minimum Gasteiger partial charge on any atom is -0.480 e. The molecule has 0 aliphatic carbocycles. The van der Waals surface area contributed by atoms with Gasteiger partial charge >= 0.3 is 5.97 Å². The molecule has 1 atom stereocenters. The summed E-state index contributed by atoms with van der Waals surface area (Å²) in [6, 6.07) is 7.78. The second-order valence-corrected chi connectivity index (χ2v) is 5.34. The Morgan fingerprint density at radius 2 is 2.37 bits per heavy atom. The van der Waals surface area contributed by atoms with Crippen LogP contribution in [0.3, 0.4) is 0 Å². The fourth-order valence-corrected chi connectivity index (χ4v) is 2.62. The molecule has 1 N–H and O–H groups in total. The van der Waals surface area contributed by atoms with Crippen molar-refractivity contribution in [1.82, 2.24) is 4.90 Å². The fraction of sp³-hybridized carbons (Fsp3) is 0.500. The van der Waals surface area contributed by atoms with E-state index in [-0.39, 0.29) is 6.54 Å². The predicted molar refractivity (Wildman–Crippen MR) is 73.5 cm³/mol. The van der Waals surface area contributed by atoms with E-state index in [1.165, 1.54) is 5.56 Å². The molecule has 1 aliphatic heterocycles. The highest BCUT2D eigenvalue weighted by Gasteiger charge is 2.20. The first-order valence-electron chi connectivity index (χ1n) is 6.40. The van der Waals surface area contributed by atoms with Crippen LogP contribution in [0.5, 0.6) is 0 Å². The lowest BCUT2D eigenvalue weighted by Gasteiger charge is -2.21. The van der Waals surface area contributed by atoms with Gasteiger partial charge in [0.05, 0.1) is 19.8 Å². The standard InChI is InChI=1S/C14H18ClNO3/c15-13-3-1-2-11(7-13)6-12-8-16(9-14(17)18)4-5-19-10-12/h1-3,7,12H,4-6,8-10H2,(H,17,18)/t12-/m1/s1. The lowest BCUT2D eigenvalue weighted by atomic mass is 9.99. The zero-order chi connectivity index (χ0) is 13.7. The highest BCUT2D eigenvalue weighted by molar-refractivity contribution is 6.30. The summed E-state index contributed by atoms with van der Waals surface area (Å²) in [6.45, 7) is 2.77. The maximum absolute atomic E-state index is 10.8. The Morgan fingerprint density at radius 1 is 1.53 bits per heavy atom. The molecule has 1 aromatic rings. The average Bonchev–Trinajstić information content (AvgIpc) is 2.53. The van der Waals surface area contributed by atoms with Crippen molar-refractivity contribution in [1.29, 1.82) is 0 Å². The summed E-state index contributed by atoms with van der Waals surface area (Å²) in [4.78, 5) is 12.7. The van der Waals surface area contributed by atoms with Gasteiger partial charge in [0.25, 0.3) is 0 Å². The maximum atomic E-state index is 10.8. The van der Waals surface area contributed by atoms with E-state index in [1.54, 1.807) is 0 Å². The quantitative estimate of drug-likeness (QED) is 0.917. The number of carboxylic acids is 1. The molecule has 0 aromatic heterocycles. The smallest absolute Gasteiger partial charge is 0.317 e. The van der Waals surface area contributed by atoms with Crippen LogP contribution < -0.4 is 0 Å². The van der Waals surface area contributed by atoms with Crippen molar-refractivity contribution in [3.8, 4) is 0 Å². The summed E-state index contributed by atoms with van der Waals surface area (Å²) in [7, 11) is 0. The van der Waals surface area contributed by atoms with Gasteiger partial charge in [0, 0.05) is 18.1 Å². The first-order valence-corrected chi connectivity index (χ1v) is 6.77. The van der Waals surface area contributed by atoms with Gasteiger partial charge in [-0.15, -0.1) is 0 Å². The van der Waals surface area contributed by atoms with Crippen LogP contribution in [0.1, 0.15) is 5.56 Å². The molecule has 1 saturated heterocycles. The zero-order valence-corrected chi connectivity index (χ0v) is 11.5. The van der Waals surface area contributed by atoms with E-state index < -0.39 is 5.97 Å². The van der Waals surface area contributed by atoms with Crippen LogP contribution in [0, 0.1) is 5.92 Å². The normalized spacial score (nSPS) is 21.0. The number of hydrogen-bond donors (Lipinski definition) is 1. The highest BCUT2D eigenvalue weighted by atomic mass is 35.5. The molecule has 0 spiro atoms. The molecular weight excluding hydrogens is 266 g/mol. The van der Waals surface area contributed by atoms with E-state index in [2.05, 4.69) is 0 Å². The second kappa shape index (κ2) is 6.89. The molecule has 0 unspecified atom stereocenters.